The molecule has 0 spiro atoms. The molecular weight excluding hydrogens is 246 g/mol. The normalized spacial score (nSPS) is 29.6. The van der Waals surface area contributed by atoms with E-state index in [9.17, 15) is 9.59 Å². The molecule has 0 radical (unpaired) electrons. The van der Waals surface area contributed by atoms with Crippen molar-refractivity contribution in [2.45, 2.75) is 64.3 Å². The SMILES string of the molecule is CCCCCCCC1(C)OC2OC(=O)NC2=CC1=O. The van der Waals surface area contributed by atoms with E-state index in [-0.39, 0.29) is 5.78 Å². The average Bonchev–Trinajstić information content (AvgIpc) is 2.69. The van der Waals surface area contributed by atoms with Crippen LogP contribution in [-0.4, -0.2) is 23.8 Å². The van der Waals surface area contributed by atoms with Crippen molar-refractivity contribution in [1.29, 1.82) is 0 Å². The van der Waals surface area contributed by atoms with Crippen LogP contribution in [-0.2, 0) is 14.3 Å². The Hall–Kier alpha value is -1.36. The van der Waals surface area contributed by atoms with Gasteiger partial charge in [0.25, 0.3) is 0 Å². The predicted molar refractivity (Wildman–Crippen MR) is 69.4 cm³/mol. The maximum atomic E-state index is 12.1. The number of hydrogen-bond donors (Lipinski definition) is 1. The van der Waals surface area contributed by atoms with Crippen LogP contribution < -0.4 is 5.32 Å². The first kappa shape index (κ1) is 14.1. The van der Waals surface area contributed by atoms with E-state index < -0.39 is 18.0 Å². The van der Waals surface area contributed by atoms with E-state index in [1.165, 1.54) is 25.3 Å². The van der Waals surface area contributed by atoms with Crippen LogP contribution in [0.4, 0.5) is 4.79 Å². The molecule has 106 valence electrons. The molecule has 2 aliphatic rings. The molecule has 1 fully saturated rings. The van der Waals surface area contributed by atoms with Gasteiger partial charge in [0.2, 0.25) is 6.29 Å². The molecule has 0 aromatic rings. The minimum atomic E-state index is -0.868. The first-order valence-electron chi connectivity index (χ1n) is 6.96. The van der Waals surface area contributed by atoms with E-state index in [2.05, 4.69) is 12.2 Å². The van der Waals surface area contributed by atoms with Crippen molar-refractivity contribution in [1.82, 2.24) is 5.32 Å². The second-order valence-electron chi connectivity index (χ2n) is 5.34. The lowest BCUT2D eigenvalue weighted by atomic mass is 9.90. The molecule has 19 heavy (non-hydrogen) atoms. The zero-order chi connectivity index (χ0) is 13.9. The lowest BCUT2D eigenvalue weighted by molar-refractivity contribution is -0.174. The summed E-state index contributed by atoms with van der Waals surface area (Å²) in [5.41, 5.74) is -0.453. The number of carbonyl (C=O) groups is 2. The first-order chi connectivity index (χ1) is 9.05. The van der Waals surface area contributed by atoms with Crippen molar-refractivity contribution < 1.29 is 19.1 Å². The molecule has 2 unspecified atom stereocenters. The second kappa shape index (κ2) is 5.74. The molecule has 0 aliphatic carbocycles. The van der Waals surface area contributed by atoms with Gasteiger partial charge < -0.3 is 9.47 Å². The Labute approximate surface area is 113 Å². The minimum Gasteiger partial charge on any atom is -0.413 e. The standard InChI is InChI=1S/C14H21NO4/c1-3-4-5-6-7-8-14(2)11(16)9-10-12(19-14)18-13(17)15-10/h9,12H,3-8H2,1-2H3,(H,15,17). The lowest BCUT2D eigenvalue weighted by Crippen LogP contribution is -2.45. The van der Waals surface area contributed by atoms with Crippen LogP contribution in [0.2, 0.25) is 0 Å². The van der Waals surface area contributed by atoms with Crippen LogP contribution >= 0.6 is 0 Å². The van der Waals surface area contributed by atoms with Gasteiger partial charge in [-0.3, -0.25) is 10.1 Å². The third kappa shape index (κ3) is 3.15. The lowest BCUT2D eigenvalue weighted by Gasteiger charge is -2.33. The summed E-state index contributed by atoms with van der Waals surface area (Å²) in [7, 11) is 0. The number of unbranched alkanes of at least 4 members (excludes halogenated alkanes) is 4. The first-order valence-corrected chi connectivity index (χ1v) is 6.96. The van der Waals surface area contributed by atoms with E-state index in [4.69, 9.17) is 9.47 Å². The summed E-state index contributed by atoms with van der Waals surface area (Å²) in [5, 5.41) is 2.46. The van der Waals surface area contributed by atoms with Crippen molar-refractivity contribution in [3.05, 3.63) is 11.8 Å². The number of ether oxygens (including phenoxy) is 2. The molecule has 5 heteroatoms. The molecule has 2 heterocycles. The molecule has 2 atom stereocenters. The quantitative estimate of drug-likeness (QED) is 0.751. The van der Waals surface area contributed by atoms with Gasteiger partial charge in [-0.15, -0.1) is 0 Å². The Balaban J connectivity index is 1.89. The Morgan fingerprint density at radius 3 is 2.74 bits per heavy atom. The summed E-state index contributed by atoms with van der Waals surface area (Å²) in [6, 6.07) is 0. The van der Waals surface area contributed by atoms with Gasteiger partial charge in [-0.25, -0.2) is 4.79 Å². The highest BCUT2D eigenvalue weighted by molar-refractivity contribution is 5.99. The number of carbonyl (C=O) groups excluding carboxylic acids is 2. The van der Waals surface area contributed by atoms with Gasteiger partial charge in [-0.05, 0) is 13.3 Å². The highest BCUT2D eigenvalue weighted by Crippen LogP contribution is 2.31. The number of hydrogen-bond acceptors (Lipinski definition) is 4. The topological polar surface area (TPSA) is 64.6 Å². The third-order valence-electron chi connectivity index (χ3n) is 3.65. The second-order valence-corrected chi connectivity index (χ2v) is 5.34. The number of amides is 1. The van der Waals surface area contributed by atoms with E-state index in [0.717, 1.165) is 12.8 Å². The van der Waals surface area contributed by atoms with E-state index in [1.54, 1.807) is 6.92 Å². The zero-order valence-corrected chi connectivity index (χ0v) is 11.5. The molecule has 2 rings (SSSR count). The summed E-state index contributed by atoms with van der Waals surface area (Å²) in [5.74, 6) is -0.0972. The van der Waals surface area contributed by atoms with Crippen molar-refractivity contribution in [3.63, 3.8) is 0 Å². The average molecular weight is 267 g/mol. The Bertz CT molecular complexity index is 404. The smallest absolute Gasteiger partial charge is 0.413 e. The van der Waals surface area contributed by atoms with Crippen molar-refractivity contribution in [3.8, 4) is 0 Å². The Kier molecular flexibility index (Phi) is 4.24. The van der Waals surface area contributed by atoms with Gasteiger partial charge in [0, 0.05) is 6.08 Å². The fourth-order valence-electron chi connectivity index (χ4n) is 2.39. The molecule has 0 saturated carbocycles. The highest BCUT2D eigenvalue weighted by atomic mass is 16.7. The van der Waals surface area contributed by atoms with Crippen LogP contribution in [0.1, 0.15) is 52.4 Å². The number of ketones is 1. The summed E-state index contributed by atoms with van der Waals surface area (Å²) in [6.07, 6.45) is 6.43. The van der Waals surface area contributed by atoms with Crippen molar-refractivity contribution >= 4 is 11.9 Å². The maximum Gasteiger partial charge on any atom is 0.414 e. The summed E-state index contributed by atoms with van der Waals surface area (Å²) < 4.78 is 10.6. The Morgan fingerprint density at radius 2 is 2.00 bits per heavy atom. The number of rotatable bonds is 6. The minimum absolute atomic E-state index is 0.0972. The Morgan fingerprint density at radius 1 is 1.26 bits per heavy atom. The monoisotopic (exact) mass is 267 g/mol. The third-order valence-corrected chi connectivity index (χ3v) is 3.65. The number of alkyl carbamates (subject to hydrolysis) is 1. The van der Waals surface area contributed by atoms with Gasteiger partial charge in [0.05, 0.1) is 5.70 Å². The van der Waals surface area contributed by atoms with Gasteiger partial charge in [-0.1, -0.05) is 39.0 Å². The van der Waals surface area contributed by atoms with Crippen LogP contribution in [0.3, 0.4) is 0 Å². The van der Waals surface area contributed by atoms with Gasteiger partial charge in [0.15, 0.2) is 5.78 Å². The van der Waals surface area contributed by atoms with Crippen LogP contribution in [0.5, 0.6) is 0 Å². The molecule has 1 N–H and O–H groups in total. The van der Waals surface area contributed by atoms with E-state index in [0.29, 0.717) is 12.1 Å². The van der Waals surface area contributed by atoms with Crippen LogP contribution in [0.25, 0.3) is 0 Å². The van der Waals surface area contributed by atoms with Gasteiger partial charge >= 0.3 is 6.09 Å². The van der Waals surface area contributed by atoms with Gasteiger partial charge in [0.1, 0.15) is 5.60 Å². The molecule has 2 aliphatic heterocycles. The van der Waals surface area contributed by atoms with E-state index >= 15 is 0 Å². The molecule has 0 aromatic heterocycles. The van der Waals surface area contributed by atoms with Crippen molar-refractivity contribution in [2.75, 3.05) is 0 Å². The summed E-state index contributed by atoms with van der Waals surface area (Å²) in [6.45, 7) is 3.94. The highest BCUT2D eigenvalue weighted by Gasteiger charge is 2.45. The number of fused-ring (bicyclic) bond motifs is 1. The largest absolute Gasteiger partial charge is 0.414 e. The maximum absolute atomic E-state index is 12.1. The van der Waals surface area contributed by atoms with Crippen LogP contribution in [0, 0.1) is 0 Å². The molecular formula is C14H21NO4. The van der Waals surface area contributed by atoms with Crippen molar-refractivity contribution in [2.24, 2.45) is 0 Å². The molecule has 1 amide bonds. The fraction of sp³-hybridized carbons (Fsp3) is 0.714. The predicted octanol–water partition coefficient (Wildman–Crippen LogP) is 2.65. The summed E-state index contributed by atoms with van der Waals surface area (Å²) in [4.78, 5) is 23.2. The molecule has 0 aromatic carbocycles. The van der Waals surface area contributed by atoms with E-state index in [1.807, 2.05) is 0 Å². The fourth-order valence-corrected chi connectivity index (χ4v) is 2.39. The molecule has 5 nitrogen and oxygen atoms in total. The number of nitrogens with one attached hydrogen (secondary N) is 1. The summed E-state index contributed by atoms with van der Waals surface area (Å²) >= 11 is 0. The van der Waals surface area contributed by atoms with Gasteiger partial charge in [-0.2, -0.15) is 0 Å². The zero-order valence-electron chi connectivity index (χ0n) is 11.5. The molecule has 1 saturated heterocycles. The van der Waals surface area contributed by atoms with Crippen LogP contribution in [0.15, 0.2) is 11.8 Å². The molecule has 0 bridgehead atoms.